The number of carbonyl (C=O) groups is 3. The molecule has 1 amide bonds. The first-order valence-corrected chi connectivity index (χ1v) is 27.1. The number of ether oxygens (including phenoxy) is 7. The summed E-state index contributed by atoms with van der Waals surface area (Å²) in [5.41, 5.74) is 1.17. The van der Waals surface area contributed by atoms with Crippen LogP contribution in [0.2, 0.25) is 0 Å². The van der Waals surface area contributed by atoms with Crippen molar-refractivity contribution >= 4 is 29.4 Å². The molecule has 0 saturated carbocycles. The first-order chi connectivity index (χ1) is 40.2. The number of amides is 1. The van der Waals surface area contributed by atoms with Crippen molar-refractivity contribution in [2.24, 2.45) is 5.92 Å². The zero-order chi connectivity index (χ0) is 60.4. The van der Waals surface area contributed by atoms with Crippen molar-refractivity contribution in [2.75, 3.05) is 69.0 Å². The maximum atomic E-state index is 15.1. The van der Waals surface area contributed by atoms with E-state index in [9.17, 15) is 64.4 Å². The van der Waals surface area contributed by atoms with Crippen LogP contribution < -0.4 is 25.5 Å². The van der Waals surface area contributed by atoms with Crippen molar-refractivity contribution in [1.29, 1.82) is 0 Å². The number of carbonyl (C=O) groups excluding carboxylic acids is 3. The second-order valence-electron chi connectivity index (χ2n) is 20.5. The SMILES string of the molecule is CC[C@@H]([C@H](C)OC(=O)OC(C)OC(=O)CNC(=O)[C@H](O)[C@@H](O)[C@H](O[C@@H]1O[C@H](CO)[C@H](O)[C@H](O)[C@H]1O)[C@H](O)CO)n1ncn(-c2ccc(N3CCN(c4ccc(OC[C@@H]5CO[C@@](Cn6cncn6)(c6ccc(F)cc6F)C5)cc4)CC3)cc2)c1=O. The molecule has 3 aromatic carbocycles. The molecule has 28 nitrogen and oxygen atoms in total. The lowest BCUT2D eigenvalue weighted by atomic mass is 9.87. The fourth-order valence-electron chi connectivity index (χ4n) is 10.3. The van der Waals surface area contributed by atoms with Gasteiger partial charge in [0, 0.05) is 62.0 Å². The number of aromatic nitrogens is 6. The van der Waals surface area contributed by atoms with Crippen LogP contribution in [-0.2, 0) is 50.2 Å². The molecule has 1 unspecified atom stereocenters. The smallest absolute Gasteiger partial charge is 0.493 e. The van der Waals surface area contributed by atoms with E-state index in [-0.39, 0.29) is 24.4 Å². The first-order valence-electron chi connectivity index (χ1n) is 27.1. The molecule has 3 aliphatic heterocycles. The fourth-order valence-corrected chi connectivity index (χ4v) is 10.3. The van der Waals surface area contributed by atoms with Gasteiger partial charge in [-0.1, -0.05) is 13.0 Å². The van der Waals surface area contributed by atoms with Crippen LogP contribution in [0.1, 0.15) is 45.2 Å². The molecule has 3 fully saturated rings. The molecule has 30 heteroatoms. The molecule has 5 aromatic rings. The van der Waals surface area contributed by atoms with E-state index < -0.39 is 134 Å². The summed E-state index contributed by atoms with van der Waals surface area (Å²) >= 11 is 0. The third kappa shape index (κ3) is 14.8. The number of benzene rings is 3. The molecule has 84 heavy (non-hydrogen) atoms. The van der Waals surface area contributed by atoms with Crippen molar-refractivity contribution in [3.8, 4) is 11.4 Å². The van der Waals surface area contributed by atoms with E-state index in [4.69, 9.17) is 33.2 Å². The first kappa shape index (κ1) is 62.8. The number of halogens is 2. The number of aliphatic hydroxyl groups is 8. The molecule has 458 valence electrons. The van der Waals surface area contributed by atoms with E-state index in [2.05, 4.69) is 25.0 Å². The van der Waals surface area contributed by atoms with Crippen LogP contribution in [0.5, 0.6) is 5.75 Å². The highest BCUT2D eigenvalue weighted by atomic mass is 19.1. The molecule has 0 spiro atoms. The second kappa shape index (κ2) is 28.1. The van der Waals surface area contributed by atoms with Gasteiger partial charge in [0.15, 0.2) is 12.4 Å². The molecule has 14 atom stereocenters. The largest absolute Gasteiger partial charge is 0.511 e. The average Bonchev–Trinajstić information content (AvgIpc) is 3.32. The Labute approximate surface area is 478 Å². The maximum Gasteiger partial charge on any atom is 0.511 e. The molecular weight excluding hydrogens is 1120 g/mol. The summed E-state index contributed by atoms with van der Waals surface area (Å²) in [6.45, 7) is 5.24. The number of nitrogens with zero attached hydrogens (tertiary/aromatic N) is 8. The van der Waals surface area contributed by atoms with Crippen molar-refractivity contribution < 1.29 is 97.2 Å². The van der Waals surface area contributed by atoms with Gasteiger partial charge in [-0.25, -0.2) is 37.3 Å². The Morgan fingerprint density at radius 1 is 0.845 bits per heavy atom. The lowest BCUT2D eigenvalue weighted by Gasteiger charge is -2.42. The predicted molar refractivity (Wildman–Crippen MR) is 285 cm³/mol. The summed E-state index contributed by atoms with van der Waals surface area (Å²) in [6.07, 6.45) is -17.0. The quantitative estimate of drug-likeness (QED) is 0.0250. The third-order valence-electron chi connectivity index (χ3n) is 14.8. The Morgan fingerprint density at radius 3 is 2.13 bits per heavy atom. The lowest BCUT2D eigenvalue weighted by molar-refractivity contribution is -0.326. The zero-order valence-corrected chi connectivity index (χ0v) is 46.0. The molecule has 2 aromatic heterocycles. The zero-order valence-electron chi connectivity index (χ0n) is 46.0. The maximum absolute atomic E-state index is 15.1. The van der Waals surface area contributed by atoms with E-state index in [1.807, 2.05) is 41.7 Å². The van der Waals surface area contributed by atoms with Crippen LogP contribution in [0.4, 0.5) is 25.0 Å². The van der Waals surface area contributed by atoms with Gasteiger partial charge in [-0.15, -0.1) is 0 Å². The van der Waals surface area contributed by atoms with Gasteiger partial charge in [-0.2, -0.15) is 10.2 Å². The van der Waals surface area contributed by atoms with Crippen LogP contribution in [0.15, 0.2) is 90.5 Å². The van der Waals surface area contributed by atoms with E-state index in [1.165, 1.54) is 47.3 Å². The van der Waals surface area contributed by atoms with Crippen LogP contribution >= 0.6 is 0 Å². The number of anilines is 2. The molecule has 0 aliphatic carbocycles. The van der Waals surface area contributed by atoms with Gasteiger partial charge in [0.05, 0.1) is 44.7 Å². The molecule has 0 radical (unpaired) electrons. The summed E-state index contributed by atoms with van der Waals surface area (Å²) in [7, 11) is 0. The lowest BCUT2D eigenvalue weighted by Crippen LogP contribution is -2.62. The van der Waals surface area contributed by atoms with E-state index in [0.29, 0.717) is 31.1 Å². The summed E-state index contributed by atoms with van der Waals surface area (Å²) in [6, 6.07) is 18.0. The van der Waals surface area contributed by atoms with Gasteiger partial charge < -0.3 is 89.1 Å². The Morgan fingerprint density at radius 2 is 1.51 bits per heavy atom. The van der Waals surface area contributed by atoms with E-state index in [0.717, 1.165) is 50.5 Å². The minimum atomic E-state index is -2.46. The number of piperazine rings is 1. The predicted octanol–water partition coefficient (Wildman–Crippen LogP) is -1.00. The van der Waals surface area contributed by atoms with Gasteiger partial charge in [-0.3, -0.25) is 9.59 Å². The van der Waals surface area contributed by atoms with Gasteiger partial charge >= 0.3 is 17.8 Å². The van der Waals surface area contributed by atoms with Crippen LogP contribution in [0.3, 0.4) is 0 Å². The number of rotatable bonds is 25. The highest BCUT2D eigenvalue weighted by Gasteiger charge is 2.48. The monoisotopic (exact) mass is 1190 g/mol. The highest BCUT2D eigenvalue weighted by molar-refractivity contribution is 5.85. The van der Waals surface area contributed by atoms with Crippen molar-refractivity contribution in [3.05, 3.63) is 113 Å². The molecule has 5 heterocycles. The summed E-state index contributed by atoms with van der Waals surface area (Å²) in [5, 5.41) is 91.3. The number of nitrogens with one attached hydrogen (secondary N) is 1. The molecular formula is C54H69F2N9O19. The Bertz CT molecular complexity index is 3010. The van der Waals surface area contributed by atoms with Gasteiger partial charge in [0.2, 0.25) is 6.29 Å². The number of esters is 1. The van der Waals surface area contributed by atoms with Gasteiger partial charge in [0.25, 0.3) is 5.91 Å². The highest BCUT2D eigenvalue weighted by Crippen LogP contribution is 2.42. The van der Waals surface area contributed by atoms with Crippen molar-refractivity contribution in [1.82, 2.24) is 34.4 Å². The van der Waals surface area contributed by atoms with Crippen molar-refractivity contribution in [3.63, 3.8) is 0 Å². The Balaban J connectivity index is 0.758. The molecule has 3 aliphatic rings. The minimum Gasteiger partial charge on any atom is -0.493 e. The van der Waals surface area contributed by atoms with Gasteiger partial charge in [0.1, 0.15) is 97.3 Å². The van der Waals surface area contributed by atoms with Crippen molar-refractivity contribution in [2.45, 2.75) is 119 Å². The average molecular weight is 1190 g/mol. The summed E-state index contributed by atoms with van der Waals surface area (Å²) < 4.78 is 71.3. The van der Waals surface area contributed by atoms with Crippen LogP contribution in [-0.4, -0.2) is 215 Å². The molecule has 0 bridgehead atoms. The van der Waals surface area contributed by atoms with Crippen LogP contribution in [0.25, 0.3) is 5.69 Å². The summed E-state index contributed by atoms with van der Waals surface area (Å²) in [5.74, 6) is -3.39. The van der Waals surface area contributed by atoms with E-state index >= 15 is 4.39 Å². The molecule has 9 N–H and O–H groups in total. The van der Waals surface area contributed by atoms with E-state index in [1.54, 1.807) is 23.7 Å². The fraction of sp³-hybridized carbons (Fsp3) is 0.537. The third-order valence-corrected chi connectivity index (χ3v) is 14.8. The normalized spacial score (nSPS) is 24.3. The number of hydrogen-bond acceptors (Lipinski definition) is 24. The standard InChI is InChI=1S/C54H69F2N9O19/c1-4-40(30(2)80-53(77)82-31(3)81-43(69)21-58-50(75)47(73)46(72)49(41(68)22-66)84-51-48(74)45(71)44(70)42(23-67)83-51)65-52(76)64(29-60-65)36-8-6-34(7-9-36)61-15-17-62(18-16-61)35-10-12-37(13-11-35)78-24-32-20-54(79-25-32,26-63-28-57-27-59-63)38-14-5-33(55)19-39(38)56/h5-14,19,27-32,40-42,44-49,51,66-68,70-74H,4,15-18,20-26H2,1-3H3,(H,58,75)/t30-,31?,32+,40-,41+,42+,44-,45-,46+,47+,48+,49+,51-,54-/m0/s1. The second-order valence-corrected chi connectivity index (χ2v) is 20.5. The minimum absolute atomic E-state index is 0.0779. The summed E-state index contributed by atoms with van der Waals surface area (Å²) in [4.78, 5) is 60.3. The molecule has 8 rings (SSSR count). The topological polar surface area (TPSA) is 367 Å². The molecule has 3 saturated heterocycles. The Kier molecular flexibility index (Phi) is 21.0. The van der Waals surface area contributed by atoms with Gasteiger partial charge in [-0.05, 0) is 74.4 Å². The number of hydrogen-bond donors (Lipinski definition) is 9. The Hall–Kier alpha value is -7.23. The number of aliphatic hydroxyl groups excluding tert-OH is 8. The van der Waals surface area contributed by atoms with Crippen LogP contribution in [0, 0.1) is 17.6 Å².